The fourth-order valence-electron chi connectivity index (χ4n) is 7.75. The number of rotatable bonds is 7. The highest BCUT2D eigenvalue weighted by atomic mass is 35.5. The zero-order valence-corrected chi connectivity index (χ0v) is 34.3. The molecule has 8 rings (SSSR count). The molecular formula is C43H35Cl2N3O5S3. The molecule has 2 unspecified atom stereocenters. The van der Waals surface area contributed by atoms with Gasteiger partial charge in [0, 0.05) is 57.3 Å². The van der Waals surface area contributed by atoms with Gasteiger partial charge in [-0.15, -0.1) is 22.7 Å². The van der Waals surface area contributed by atoms with E-state index in [0.717, 1.165) is 34.9 Å². The van der Waals surface area contributed by atoms with Gasteiger partial charge in [0.25, 0.3) is 11.8 Å². The average Bonchev–Trinajstić information content (AvgIpc) is 3.88. The molecule has 284 valence electrons. The molecule has 0 fully saturated rings. The SMILES string of the molecule is CC(=O)N(c1ccc(C(=O)N2CCc3sccc3C2c2ccc(Cl)cc2)cc1)c1cc(S(C)(=O)=O)ccc1C(=O)N1CCc2sccc2C1c1ccc(Cl)cc1. The van der Waals surface area contributed by atoms with E-state index in [1.54, 1.807) is 64.0 Å². The van der Waals surface area contributed by atoms with Crippen LogP contribution < -0.4 is 4.90 Å². The lowest BCUT2D eigenvalue weighted by molar-refractivity contribution is -0.115. The third-order valence-electron chi connectivity index (χ3n) is 10.4. The van der Waals surface area contributed by atoms with Crippen molar-refractivity contribution in [2.75, 3.05) is 24.2 Å². The van der Waals surface area contributed by atoms with E-state index in [9.17, 15) is 22.8 Å². The molecular weight excluding hydrogens is 806 g/mol. The summed E-state index contributed by atoms with van der Waals surface area (Å²) >= 11 is 15.8. The Morgan fingerprint density at radius 1 is 0.679 bits per heavy atom. The van der Waals surface area contributed by atoms with Crippen molar-refractivity contribution in [3.8, 4) is 0 Å². The lowest BCUT2D eigenvalue weighted by atomic mass is 9.92. The highest BCUT2D eigenvalue weighted by Gasteiger charge is 2.37. The number of halogens is 2. The van der Waals surface area contributed by atoms with Gasteiger partial charge in [0.15, 0.2) is 9.84 Å². The van der Waals surface area contributed by atoms with E-state index in [4.69, 9.17) is 23.2 Å². The standard InChI is InChI=1S/C43H35Cl2N3O5S3/c1-26(49)48(32-13-7-29(8-14-32)42(50)46-21-17-38-35(19-23-54-38)40(46)27-3-9-30(44)10-4-27)37-25-33(56(2,52)53)15-16-34(37)43(51)47-22-18-39-36(20-24-55-39)41(47)28-5-11-31(45)12-6-28/h3-16,19-20,23-25,40-41H,17-18,21-22H2,1-2H3. The van der Waals surface area contributed by atoms with Gasteiger partial charge < -0.3 is 9.80 Å². The van der Waals surface area contributed by atoms with Gasteiger partial charge in [0.1, 0.15) is 0 Å². The molecule has 56 heavy (non-hydrogen) atoms. The summed E-state index contributed by atoms with van der Waals surface area (Å²) in [6.45, 7) is 2.29. The maximum absolute atomic E-state index is 14.8. The average molecular weight is 841 g/mol. The predicted octanol–water partition coefficient (Wildman–Crippen LogP) is 9.78. The van der Waals surface area contributed by atoms with Crippen LogP contribution in [0.25, 0.3) is 0 Å². The zero-order valence-electron chi connectivity index (χ0n) is 30.3. The highest BCUT2D eigenvalue weighted by Crippen LogP contribution is 2.42. The van der Waals surface area contributed by atoms with Gasteiger partial charge in [0.05, 0.1) is 28.2 Å². The number of carbonyl (C=O) groups excluding carboxylic acids is 3. The lowest BCUT2D eigenvalue weighted by Crippen LogP contribution is -2.41. The summed E-state index contributed by atoms with van der Waals surface area (Å²) in [6, 6.07) is 29.2. The van der Waals surface area contributed by atoms with Crippen LogP contribution in [0.2, 0.25) is 10.0 Å². The van der Waals surface area contributed by atoms with Gasteiger partial charge in [-0.1, -0.05) is 47.5 Å². The zero-order chi connectivity index (χ0) is 39.3. The molecule has 0 spiro atoms. The predicted molar refractivity (Wildman–Crippen MR) is 224 cm³/mol. The first kappa shape index (κ1) is 38.1. The Balaban J connectivity index is 1.16. The van der Waals surface area contributed by atoms with Crippen LogP contribution in [0, 0.1) is 0 Å². The number of fused-ring (bicyclic) bond motifs is 2. The molecule has 13 heteroatoms. The Morgan fingerprint density at radius 3 is 1.66 bits per heavy atom. The van der Waals surface area contributed by atoms with Crippen LogP contribution >= 0.6 is 45.9 Å². The minimum absolute atomic E-state index is 0.0405. The summed E-state index contributed by atoms with van der Waals surface area (Å²) in [4.78, 5) is 50.1. The Hall–Kier alpha value is -4.78. The van der Waals surface area contributed by atoms with Crippen molar-refractivity contribution in [2.24, 2.45) is 0 Å². The summed E-state index contributed by atoms with van der Waals surface area (Å²) in [5.41, 5.74) is 5.00. The number of nitrogens with zero attached hydrogens (tertiary/aromatic N) is 3. The summed E-state index contributed by atoms with van der Waals surface area (Å²) < 4.78 is 25.8. The molecule has 0 saturated carbocycles. The summed E-state index contributed by atoms with van der Waals surface area (Å²) in [6.07, 6.45) is 2.47. The Labute approximate surface area is 343 Å². The topological polar surface area (TPSA) is 95.1 Å². The van der Waals surface area contributed by atoms with E-state index < -0.39 is 21.8 Å². The normalized spacial score (nSPS) is 16.6. The molecule has 4 aromatic carbocycles. The van der Waals surface area contributed by atoms with Crippen molar-refractivity contribution in [3.63, 3.8) is 0 Å². The van der Waals surface area contributed by atoms with E-state index >= 15 is 0 Å². The number of anilines is 2. The van der Waals surface area contributed by atoms with Crippen molar-refractivity contribution in [1.29, 1.82) is 0 Å². The third-order valence-corrected chi connectivity index (χ3v) is 14.0. The van der Waals surface area contributed by atoms with Crippen molar-refractivity contribution >= 4 is 84.8 Å². The number of hydrogen-bond acceptors (Lipinski definition) is 7. The fraction of sp³-hybridized carbons (Fsp3) is 0.186. The number of sulfone groups is 1. The quantitative estimate of drug-likeness (QED) is 0.160. The van der Waals surface area contributed by atoms with Crippen LogP contribution in [0.3, 0.4) is 0 Å². The van der Waals surface area contributed by atoms with Crippen LogP contribution in [-0.4, -0.2) is 55.3 Å². The minimum Gasteiger partial charge on any atom is -0.327 e. The van der Waals surface area contributed by atoms with Gasteiger partial charge in [-0.25, -0.2) is 8.42 Å². The van der Waals surface area contributed by atoms with E-state index in [1.165, 1.54) is 39.8 Å². The van der Waals surface area contributed by atoms with E-state index in [1.807, 2.05) is 58.1 Å². The van der Waals surface area contributed by atoms with Crippen LogP contribution in [-0.2, 0) is 27.5 Å². The highest BCUT2D eigenvalue weighted by molar-refractivity contribution is 7.90. The summed E-state index contributed by atoms with van der Waals surface area (Å²) in [5, 5.41) is 5.25. The second-order valence-corrected chi connectivity index (χ2v) is 18.7. The summed E-state index contributed by atoms with van der Waals surface area (Å²) in [7, 11) is -3.73. The first-order valence-electron chi connectivity index (χ1n) is 17.9. The molecule has 6 aromatic rings. The van der Waals surface area contributed by atoms with Crippen molar-refractivity contribution in [3.05, 3.63) is 167 Å². The van der Waals surface area contributed by atoms with Crippen LogP contribution in [0.15, 0.2) is 119 Å². The number of carbonyl (C=O) groups is 3. The molecule has 0 saturated heterocycles. The third kappa shape index (κ3) is 7.18. The summed E-state index contributed by atoms with van der Waals surface area (Å²) in [5.74, 6) is -0.981. The Bertz CT molecular complexity index is 2590. The van der Waals surface area contributed by atoms with Crippen LogP contribution in [0.1, 0.15) is 71.7 Å². The molecule has 4 heterocycles. The maximum atomic E-state index is 14.8. The van der Waals surface area contributed by atoms with Crippen LogP contribution in [0.4, 0.5) is 11.4 Å². The first-order valence-corrected chi connectivity index (χ1v) is 22.3. The van der Waals surface area contributed by atoms with E-state index in [-0.39, 0.29) is 34.0 Å². The molecule has 2 atom stereocenters. The van der Waals surface area contributed by atoms with Crippen molar-refractivity contribution in [2.45, 2.75) is 36.7 Å². The molecule has 0 bridgehead atoms. The van der Waals surface area contributed by atoms with Gasteiger partial charge in [-0.05, 0) is 125 Å². The van der Waals surface area contributed by atoms with Gasteiger partial charge in [0.2, 0.25) is 5.91 Å². The van der Waals surface area contributed by atoms with Gasteiger partial charge in [-0.2, -0.15) is 0 Å². The number of thiophene rings is 2. The van der Waals surface area contributed by atoms with Crippen LogP contribution in [0.5, 0.6) is 0 Å². The van der Waals surface area contributed by atoms with Gasteiger partial charge >= 0.3 is 0 Å². The maximum Gasteiger partial charge on any atom is 0.256 e. The molecule has 8 nitrogen and oxygen atoms in total. The van der Waals surface area contributed by atoms with Gasteiger partial charge in [-0.3, -0.25) is 19.3 Å². The van der Waals surface area contributed by atoms with Crippen molar-refractivity contribution < 1.29 is 22.8 Å². The van der Waals surface area contributed by atoms with Crippen molar-refractivity contribution in [1.82, 2.24) is 9.80 Å². The molecule has 0 radical (unpaired) electrons. The number of benzene rings is 4. The molecule has 3 amide bonds. The second-order valence-electron chi connectivity index (χ2n) is 13.9. The molecule has 0 aliphatic carbocycles. The molecule has 2 aliphatic rings. The first-order chi connectivity index (χ1) is 26.9. The number of hydrogen-bond donors (Lipinski definition) is 0. The molecule has 0 N–H and O–H groups in total. The Kier molecular flexibility index (Phi) is 10.4. The molecule has 2 aliphatic heterocycles. The van der Waals surface area contributed by atoms with E-state index in [0.29, 0.717) is 40.8 Å². The molecule has 2 aromatic heterocycles. The second kappa shape index (κ2) is 15.3. The largest absolute Gasteiger partial charge is 0.327 e. The smallest absolute Gasteiger partial charge is 0.256 e. The Morgan fingerprint density at radius 2 is 1.18 bits per heavy atom. The minimum atomic E-state index is -3.73. The number of amides is 3. The lowest BCUT2D eigenvalue weighted by Gasteiger charge is -2.37. The van der Waals surface area contributed by atoms with E-state index in [2.05, 4.69) is 6.07 Å². The monoisotopic (exact) mass is 839 g/mol. The fourth-order valence-corrected chi connectivity index (χ4v) is 10.5.